The molecule has 0 saturated carbocycles. The molecule has 1 unspecified atom stereocenters. The Hall–Kier alpha value is -3.33. The van der Waals surface area contributed by atoms with Crippen molar-refractivity contribution in [1.82, 2.24) is 15.1 Å². The van der Waals surface area contributed by atoms with Gasteiger partial charge in [0, 0.05) is 25.3 Å². The van der Waals surface area contributed by atoms with Crippen molar-refractivity contribution >= 4 is 21.6 Å². The molecule has 1 amide bonds. The largest absolute Gasteiger partial charge is 0.496 e. The van der Waals surface area contributed by atoms with Gasteiger partial charge in [-0.05, 0) is 62.1 Å². The van der Waals surface area contributed by atoms with E-state index in [0.717, 1.165) is 17.0 Å². The van der Waals surface area contributed by atoms with E-state index in [1.165, 1.54) is 29.6 Å². The van der Waals surface area contributed by atoms with Crippen LogP contribution in [-0.4, -0.2) is 44.3 Å². The molecule has 8 nitrogen and oxygen atoms in total. The second-order valence-electron chi connectivity index (χ2n) is 8.74. The number of nitrogens with zero attached hydrogens (tertiary/aromatic N) is 3. The summed E-state index contributed by atoms with van der Waals surface area (Å²) < 4.78 is 35.5. The molecular weight excluding hydrogens is 452 g/mol. The van der Waals surface area contributed by atoms with Gasteiger partial charge in [0.25, 0.3) is 15.9 Å². The number of fused-ring (bicyclic) bond motifs is 1. The summed E-state index contributed by atoms with van der Waals surface area (Å²) in [6.07, 6.45) is 0.659. The van der Waals surface area contributed by atoms with E-state index in [0.29, 0.717) is 37.5 Å². The summed E-state index contributed by atoms with van der Waals surface area (Å²) in [5, 5.41) is 7.38. The van der Waals surface area contributed by atoms with Crippen molar-refractivity contribution in [2.24, 2.45) is 5.92 Å². The molecule has 1 N–H and O–H groups in total. The zero-order valence-electron chi connectivity index (χ0n) is 19.9. The lowest BCUT2D eigenvalue weighted by Gasteiger charge is -2.20. The number of anilines is 1. The van der Waals surface area contributed by atoms with Crippen LogP contribution in [0.3, 0.4) is 0 Å². The second kappa shape index (κ2) is 9.50. The van der Waals surface area contributed by atoms with E-state index < -0.39 is 10.0 Å². The normalized spacial score (nSPS) is 14.1. The number of methoxy groups -OCH3 is 1. The summed E-state index contributed by atoms with van der Waals surface area (Å²) in [4.78, 5) is 13.1. The Morgan fingerprint density at radius 2 is 1.94 bits per heavy atom. The topological polar surface area (TPSA) is 93.5 Å². The van der Waals surface area contributed by atoms with Crippen LogP contribution in [0.25, 0.3) is 0 Å². The Labute approximate surface area is 200 Å². The summed E-state index contributed by atoms with van der Waals surface area (Å²) in [6, 6.07) is 13.9. The number of rotatable bonds is 8. The number of ether oxygens (including phenoxy) is 1. The van der Waals surface area contributed by atoms with Crippen LogP contribution in [0, 0.1) is 19.8 Å². The van der Waals surface area contributed by atoms with Crippen molar-refractivity contribution in [3.8, 4) is 5.75 Å². The minimum Gasteiger partial charge on any atom is -0.496 e. The molecule has 1 atom stereocenters. The smallest absolute Gasteiger partial charge is 0.264 e. The summed E-state index contributed by atoms with van der Waals surface area (Å²) in [7, 11) is -2.36. The average molecular weight is 483 g/mol. The number of amides is 1. The molecule has 0 fully saturated rings. The van der Waals surface area contributed by atoms with E-state index in [-0.39, 0.29) is 22.3 Å². The predicted octanol–water partition coefficient (Wildman–Crippen LogP) is 3.33. The highest BCUT2D eigenvalue weighted by molar-refractivity contribution is 7.92. The van der Waals surface area contributed by atoms with Crippen molar-refractivity contribution in [3.63, 3.8) is 0 Å². The first kappa shape index (κ1) is 23.8. The monoisotopic (exact) mass is 482 g/mol. The number of aromatic nitrogens is 2. The van der Waals surface area contributed by atoms with Gasteiger partial charge in [0.05, 0.1) is 29.0 Å². The summed E-state index contributed by atoms with van der Waals surface area (Å²) >= 11 is 0. The zero-order chi connectivity index (χ0) is 24.5. The Bertz CT molecular complexity index is 1320. The fraction of sp³-hybridized carbons (Fsp3) is 0.360. The van der Waals surface area contributed by atoms with Gasteiger partial charge in [-0.25, -0.2) is 8.42 Å². The van der Waals surface area contributed by atoms with Crippen LogP contribution in [0.2, 0.25) is 0 Å². The minimum atomic E-state index is -3.82. The third-order valence-electron chi connectivity index (χ3n) is 6.05. The molecule has 1 aromatic heterocycles. The SMILES string of the molecule is COc1ccc(S(=O)(=O)N2CCc3ccccc32)cc1C(=O)NCC(C)Cn1nc(C)cc1C. The Morgan fingerprint density at radius 3 is 2.65 bits per heavy atom. The van der Waals surface area contributed by atoms with Gasteiger partial charge >= 0.3 is 0 Å². The third kappa shape index (κ3) is 4.65. The van der Waals surface area contributed by atoms with Gasteiger partial charge in [-0.2, -0.15) is 5.10 Å². The highest BCUT2D eigenvalue weighted by Gasteiger charge is 2.31. The van der Waals surface area contributed by atoms with Crippen LogP contribution in [0.15, 0.2) is 53.4 Å². The highest BCUT2D eigenvalue weighted by Crippen LogP contribution is 2.33. The fourth-order valence-electron chi connectivity index (χ4n) is 4.29. The highest BCUT2D eigenvalue weighted by atomic mass is 32.2. The van der Waals surface area contributed by atoms with Gasteiger partial charge in [-0.15, -0.1) is 0 Å². The van der Waals surface area contributed by atoms with E-state index >= 15 is 0 Å². The standard InChI is InChI=1S/C25H30N4O4S/c1-17(16-28-19(3)13-18(2)27-28)15-26-25(30)22-14-21(9-10-24(22)33-4)34(31,32)29-12-11-20-7-5-6-8-23(20)29/h5-10,13-14,17H,11-12,15-16H2,1-4H3,(H,26,30). The molecule has 0 spiro atoms. The van der Waals surface area contributed by atoms with Crippen molar-refractivity contribution in [3.05, 3.63) is 71.0 Å². The van der Waals surface area contributed by atoms with Gasteiger partial charge in [0.2, 0.25) is 0 Å². The number of sulfonamides is 1. The summed E-state index contributed by atoms with van der Waals surface area (Å²) in [6.45, 7) is 7.43. The number of aryl methyl sites for hydroxylation is 2. The first-order valence-electron chi connectivity index (χ1n) is 11.3. The number of carbonyl (C=O) groups is 1. The number of hydrogen-bond acceptors (Lipinski definition) is 5. The molecule has 4 rings (SSSR count). The molecule has 9 heteroatoms. The van der Waals surface area contributed by atoms with Gasteiger partial charge in [0.1, 0.15) is 5.75 Å². The lowest BCUT2D eigenvalue weighted by Crippen LogP contribution is -2.32. The lowest BCUT2D eigenvalue weighted by molar-refractivity contribution is 0.0943. The Morgan fingerprint density at radius 1 is 1.18 bits per heavy atom. The maximum atomic E-state index is 13.4. The van der Waals surface area contributed by atoms with Gasteiger partial charge in [0.15, 0.2) is 0 Å². The number of carbonyl (C=O) groups excluding carboxylic acids is 1. The molecule has 1 aliphatic heterocycles. The molecule has 2 heterocycles. The molecule has 3 aromatic rings. The molecule has 0 aliphatic carbocycles. The van der Waals surface area contributed by atoms with Gasteiger partial charge in [-0.1, -0.05) is 25.1 Å². The maximum Gasteiger partial charge on any atom is 0.264 e. The van der Waals surface area contributed by atoms with Crippen LogP contribution in [0.4, 0.5) is 5.69 Å². The molecule has 0 saturated heterocycles. The van der Waals surface area contributed by atoms with E-state index in [1.54, 1.807) is 6.07 Å². The average Bonchev–Trinajstić information content (AvgIpc) is 3.39. The van der Waals surface area contributed by atoms with Crippen LogP contribution in [-0.2, 0) is 23.0 Å². The Balaban J connectivity index is 1.52. The van der Waals surface area contributed by atoms with E-state index in [1.807, 2.05) is 49.7 Å². The van der Waals surface area contributed by atoms with Crippen molar-refractivity contribution in [2.75, 3.05) is 24.5 Å². The summed E-state index contributed by atoms with van der Waals surface area (Å²) in [5.41, 5.74) is 3.89. The van der Waals surface area contributed by atoms with E-state index in [2.05, 4.69) is 10.4 Å². The number of nitrogens with one attached hydrogen (secondary N) is 1. The molecule has 34 heavy (non-hydrogen) atoms. The molecular formula is C25H30N4O4S. The molecule has 1 aliphatic rings. The summed E-state index contributed by atoms with van der Waals surface area (Å²) in [5.74, 6) is 0.0707. The number of para-hydroxylation sites is 1. The van der Waals surface area contributed by atoms with Gasteiger partial charge in [-0.3, -0.25) is 13.8 Å². The maximum absolute atomic E-state index is 13.4. The van der Waals surface area contributed by atoms with E-state index in [9.17, 15) is 13.2 Å². The lowest BCUT2D eigenvalue weighted by atomic mass is 10.1. The van der Waals surface area contributed by atoms with Crippen molar-refractivity contribution in [2.45, 2.75) is 38.6 Å². The first-order valence-corrected chi connectivity index (χ1v) is 12.7. The van der Waals surface area contributed by atoms with E-state index in [4.69, 9.17) is 4.74 Å². The molecule has 180 valence electrons. The molecule has 0 bridgehead atoms. The third-order valence-corrected chi connectivity index (χ3v) is 7.86. The van der Waals surface area contributed by atoms with Crippen LogP contribution < -0.4 is 14.4 Å². The fourth-order valence-corrected chi connectivity index (χ4v) is 5.82. The predicted molar refractivity (Wildman–Crippen MR) is 131 cm³/mol. The quantitative estimate of drug-likeness (QED) is 0.532. The molecule has 0 radical (unpaired) electrons. The zero-order valence-corrected chi connectivity index (χ0v) is 20.7. The number of benzene rings is 2. The second-order valence-corrected chi connectivity index (χ2v) is 10.6. The Kier molecular flexibility index (Phi) is 6.65. The number of hydrogen-bond donors (Lipinski definition) is 1. The minimum absolute atomic E-state index is 0.0610. The van der Waals surface area contributed by atoms with Crippen molar-refractivity contribution in [1.29, 1.82) is 0 Å². The van der Waals surface area contributed by atoms with Crippen LogP contribution in [0.5, 0.6) is 5.75 Å². The molecule has 2 aromatic carbocycles. The first-order chi connectivity index (χ1) is 16.2. The van der Waals surface area contributed by atoms with Crippen LogP contribution >= 0.6 is 0 Å². The van der Waals surface area contributed by atoms with Crippen molar-refractivity contribution < 1.29 is 17.9 Å². The van der Waals surface area contributed by atoms with Gasteiger partial charge < -0.3 is 10.1 Å². The van der Waals surface area contributed by atoms with Crippen LogP contribution in [0.1, 0.15) is 34.2 Å².